The van der Waals surface area contributed by atoms with Crippen molar-refractivity contribution in [2.24, 2.45) is 0 Å². The summed E-state index contributed by atoms with van der Waals surface area (Å²) in [7, 11) is 1.72. The summed E-state index contributed by atoms with van der Waals surface area (Å²) < 4.78 is 5.20. The summed E-state index contributed by atoms with van der Waals surface area (Å²) in [6.45, 7) is 9.97. The monoisotopic (exact) mass is 353 g/mol. The molecule has 2 fully saturated rings. The molecule has 6 nitrogen and oxygen atoms in total. The molecule has 0 aliphatic carbocycles. The van der Waals surface area contributed by atoms with Gasteiger partial charge in [0.15, 0.2) is 0 Å². The number of nitrogens with zero attached hydrogens (tertiary/aromatic N) is 3. The van der Waals surface area contributed by atoms with Gasteiger partial charge < -0.3 is 14.5 Å². The largest absolute Gasteiger partial charge is 0.383 e. The Hall–Kier alpha value is -1.14. The van der Waals surface area contributed by atoms with Crippen LogP contribution < -0.4 is 0 Å². The molecule has 2 aliphatic heterocycles. The fourth-order valence-corrected chi connectivity index (χ4v) is 4.25. The second-order valence-corrected chi connectivity index (χ2v) is 7.56. The second-order valence-electron chi connectivity index (χ2n) is 7.56. The van der Waals surface area contributed by atoms with Crippen LogP contribution in [-0.2, 0) is 14.3 Å². The molecular formula is C19H35N3O3. The molecule has 0 saturated carbocycles. The van der Waals surface area contributed by atoms with Crippen LogP contribution in [0.3, 0.4) is 0 Å². The maximum absolute atomic E-state index is 12.9. The summed E-state index contributed by atoms with van der Waals surface area (Å²) in [6, 6.07) is 0.645. The van der Waals surface area contributed by atoms with E-state index in [2.05, 4.69) is 25.7 Å². The molecule has 0 bridgehead atoms. The molecule has 25 heavy (non-hydrogen) atoms. The highest BCUT2D eigenvalue weighted by Gasteiger charge is 2.37. The Morgan fingerprint density at radius 1 is 1.08 bits per heavy atom. The SMILES string of the molecule is CCC[C@@H]1CN(C(=O)C(=O)N2[C@H](C)CCC[C@H]2C)CCN1CCOC. The van der Waals surface area contributed by atoms with Crippen molar-refractivity contribution in [3.8, 4) is 0 Å². The van der Waals surface area contributed by atoms with Gasteiger partial charge in [-0.1, -0.05) is 13.3 Å². The van der Waals surface area contributed by atoms with Crippen LogP contribution in [0.15, 0.2) is 0 Å². The molecule has 0 radical (unpaired) electrons. The number of hydrogen-bond donors (Lipinski definition) is 0. The number of likely N-dealkylation sites (tertiary alicyclic amines) is 1. The highest BCUT2D eigenvalue weighted by molar-refractivity contribution is 6.35. The van der Waals surface area contributed by atoms with Crippen LogP contribution in [0, 0.1) is 0 Å². The fourth-order valence-electron chi connectivity index (χ4n) is 4.25. The minimum atomic E-state index is -0.312. The van der Waals surface area contributed by atoms with Gasteiger partial charge in [0.1, 0.15) is 0 Å². The van der Waals surface area contributed by atoms with Crippen molar-refractivity contribution in [2.75, 3.05) is 39.9 Å². The lowest BCUT2D eigenvalue weighted by molar-refractivity contribution is -0.157. The number of methoxy groups -OCH3 is 1. The number of carbonyl (C=O) groups excluding carboxylic acids is 2. The summed E-state index contributed by atoms with van der Waals surface area (Å²) in [5, 5.41) is 0. The fraction of sp³-hybridized carbons (Fsp3) is 0.895. The van der Waals surface area contributed by atoms with Gasteiger partial charge in [0.2, 0.25) is 0 Å². The van der Waals surface area contributed by atoms with E-state index in [4.69, 9.17) is 4.74 Å². The molecule has 2 heterocycles. The molecule has 0 N–H and O–H groups in total. The van der Waals surface area contributed by atoms with E-state index in [1.54, 1.807) is 12.0 Å². The summed E-state index contributed by atoms with van der Waals surface area (Å²) >= 11 is 0. The molecular weight excluding hydrogens is 318 g/mol. The van der Waals surface area contributed by atoms with E-state index in [1.807, 2.05) is 4.90 Å². The van der Waals surface area contributed by atoms with Crippen LogP contribution in [0.5, 0.6) is 0 Å². The standard InChI is InChI=1S/C19H35N3O3/c1-5-7-17-14-21(11-10-20(17)12-13-25-4)18(23)19(24)22-15(2)8-6-9-16(22)3/h15-17H,5-14H2,1-4H3/t15-,16-,17-/m1/s1. The van der Waals surface area contributed by atoms with Crippen LogP contribution in [0.2, 0.25) is 0 Å². The lowest BCUT2D eigenvalue weighted by atomic mass is 9.97. The average Bonchev–Trinajstić information content (AvgIpc) is 2.60. The smallest absolute Gasteiger partial charge is 0.312 e. The molecule has 2 amide bonds. The topological polar surface area (TPSA) is 53.1 Å². The number of amides is 2. The van der Waals surface area contributed by atoms with Crippen molar-refractivity contribution in [1.29, 1.82) is 0 Å². The van der Waals surface area contributed by atoms with Gasteiger partial charge in [0.25, 0.3) is 0 Å². The Kier molecular flexibility index (Phi) is 7.69. The highest BCUT2D eigenvalue weighted by Crippen LogP contribution is 2.23. The zero-order chi connectivity index (χ0) is 18.4. The maximum atomic E-state index is 12.9. The van der Waals surface area contributed by atoms with Gasteiger partial charge in [-0.05, 0) is 39.5 Å². The average molecular weight is 354 g/mol. The first kappa shape index (κ1) is 20.2. The van der Waals surface area contributed by atoms with Crippen molar-refractivity contribution >= 4 is 11.8 Å². The molecule has 2 rings (SSSR count). The Morgan fingerprint density at radius 3 is 2.36 bits per heavy atom. The van der Waals surface area contributed by atoms with Gasteiger partial charge in [-0.3, -0.25) is 14.5 Å². The van der Waals surface area contributed by atoms with E-state index in [-0.39, 0.29) is 23.9 Å². The number of ether oxygens (including phenoxy) is 1. The number of rotatable bonds is 5. The van der Waals surface area contributed by atoms with Gasteiger partial charge in [-0.25, -0.2) is 0 Å². The highest BCUT2D eigenvalue weighted by atomic mass is 16.5. The van der Waals surface area contributed by atoms with Crippen LogP contribution >= 0.6 is 0 Å². The van der Waals surface area contributed by atoms with E-state index in [0.29, 0.717) is 25.7 Å². The first-order valence-electron chi connectivity index (χ1n) is 9.84. The van der Waals surface area contributed by atoms with Crippen LogP contribution in [-0.4, -0.2) is 84.5 Å². The third-order valence-corrected chi connectivity index (χ3v) is 5.71. The molecule has 0 spiro atoms. The lowest BCUT2D eigenvalue weighted by Gasteiger charge is -2.43. The molecule has 2 aliphatic rings. The number of hydrogen-bond acceptors (Lipinski definition) is 4. The first-order chi connectivity index (χ1) is 12.0. The molecule has 0 unspecified atom stereocenters. The predicted molar refractivity (Wildman–Crippen MR) is 98.3 cm³/mol. The van der Waals surface area contributed by atoms with Gasteiger partial charge in [0, 0.05) is 51.4 Å². The van der Waals surface area contributed by atoms with Crippen molar-refractivity contribution in [3.05, 3.63) is 0 Å². The summed E-state index contributed by atoms with van der Waals surface area (Å²) in [5.41, 5.74) is 0. The van der Waals surface area contributed by atoms with Crippen LogP contribution in [0.4, 0.5) is 0 Å². The van der Waals surface area contributed by atoms with Crippen molar-refractivity contribution in [3.63, 3.8) is 0 Å². The van der Waals surface area contributed by atoms with Crippen LogP contribution in [0.25, 0.3) is 0 Å². The van der Waals surface area contributed by atoms with Crippen LogP contribution in [0.1, 0.15) is 52.9 Å². The zero-order valence-corrected chi connectivity index (χ0v) is 16.4. The van der Waals surface area contributed by atoms with E-state index in [0.717, 1.165) is 45.2 Å². The molecule has 0 aromatic carbocycles. The first-order valence-corrected chi connectivity index (χ1v) is 9.84. The van der Waals surface area contributed by atoms with Crippen molar-refractivity contribution in [2.45, 2.75) is 71.0 Å². The predicted octanol–water partition coefficient (Wildman–Crippen LogP) is 1.74. The summed E-state index contributed by atoms with van der Waals surface area (Å²) in [5.74, 6) is -0.617. The van der Waals surface area contributed by atoms with E-state index in [9.17, 15) is 9.59 Å². The molecule has 3 atom stereocenters. The Labute approximate surface area is 152 Å². The molecule has 0 aromatic rings. The molecule has 0 aromatic heterocycles. The van der Waals surface area contributed by atoms with Gasteiger partial charge in [0.05, 0.1) is 6.61 Å². The molecule has 6 heteroatoms. The van der Waals surface area contributed by atoms with Gasteiger partial charge >= 0.3 is 11.8 Å². The second kappa shape index (κ2) is 9.53. The Morgan fingerprint density at radius 2 is 1.76 bits per heavy atom. The van der Waals surface area contributed by atoms with E-state index >= 15 is 0 Å². The minimum absolute atomic E-state index is 0.162. The summed E-state index contributed by atoms with van der Waals surface area (Å²) in [6.07, 6.45) is 5.23. The number of piperazine rings is 1. The Bertz CT molecular complexity index is 447. The number of carbonyl (C=O) groups is 2. The van der Waals surface area contributed by atoms with E-state index < -0.39 is 0 Å². The summed E-state index contributed by atoms with van der Waals surface area (Å²) in [4.78, 5) is 31.7. The van der Waals surface area contributed by atoms with Crippen molar-refractivity contribution < 1.29 is 14.3 Å². The Balaban J connectivity index is 2.00. The zero-order valence-electron chi connectivity index (χ0n) is 16.4. The normalized spacial score (nSPS) is 28.2. The quantitative estimate of drug-likeness (QED) is 0.707. The third-order valence-electron chi connectivity index (χ3n) is 5.71. The lowest BCUT2D eigenvalue weighted by Crippen LogP contribution is -2.59. The van der Waals surface area contributed by atoms with Gasteiger partial charge in [-0.2, -0.15) is 0 Å². The minimum Gasteiger partial charge on any atom is -0.383 e. The molecule has 144 valence electrons. The van der Waals surface area contributed by atoms with E-state index in [1.165, 1.54) is 0 Å². The van der Waals surface area contributed by atoms with Gasteiger partial charge in [-0.15, -0.1) is 0 Å². The van der Waals surface area contributed by atoms with Crippen molar-refractivity contribution in [1.82, 2.24) is 14.7 Å². The number of piperidine rings is 1. The molecule has 2 saturated heterocycles. The third kappa shape index (κ3) is 4.94. The maximum Gasteiger partial charge on any atom is 0.312 e.